The Bertz CT molecular complexity index is 667. The molecule has 1 fully saturated rings. The van der Waals surface area contributed by atoms with Gasteiger partial charge in [0.1, 0.15) is 6.10 Å². The Labute approximate surface area is 168 Å². The summed E-state index contributed by atoms with van der Waals surface area (Å²) in [4.78, 5) is 12.0. The van der Waals surface area contributed by atoms with Gasteiger partial charge in [0.2, 0.25) is 5.88 Å². The van der Waals surface area contributed by atoms with Crippen LogP contribution in [0.2, 0.25) is 4.34 Å². The van der Waals surface area contributed by atoms with Crippen LogP contribution in [-0.4, -0.2) is 42.1 Å². The fraction of sp³-hybridized carbons (Fsp3) is 0.375. The average Bonchev–Trinajstić information content (AvgIpc) is 3.19. The van der Waals surface area contributed by atoms with Gasteiger partial charge in [-0.2, -0.15) is 0 Å². The summed E-state index contributed by atoms with van der Waals surface area (Å²) < 4.78 is 6.72. The zero-order chi connectivity index (χ0) is 16.1. The second-order valence-corrected chi connectivity index (χ2v) is 7.05. The van der Waals surface area contributed by atoms with Crippen LogP contribution in [0.5, 0.6) is 5.88 Å². The van der Waals surface area contributed by atoms with Gasteiger partial charge >= 0.3 is 0 Å². The number of likely N-dealkylation sites (tertiary alicyclic amines) is 1. The van der Waals surface area contributed by atoms with E-state index >= 15 is 0 Å². The minimum atomic E-state index is 0. The van der Waals surface area contributed by atoms with Crippen molar-refractivity contribution in [2.75, 3.05) is 20.1 Å². The van der Waals surface area contributed by atoms with Crippen LogP contribution in [0, 0.1) is 0 Å². The van der Waals surface area contributed by atoms with E-state index in [9.17, 15) is 0 Å². The van der Waals surface area contributed by atoms with Crippen LogP contribution in [0.4, 0.5) is 0 Å². The lowest BCUT2D eigenvalue weighted by Gasteiger charge is -2.21. The van der Waals surface area contributed by atoms with Crippen LogP contribution < -0.4 is 10.1 Å². The zero-order valence-corrected chi connectivity index (χ0v) is 17.2. The molecule has 1 saturated heterocycles. The Hall–Kier alpha value is -1.06. The quantitative estimate of drug-likeness (QED) is 0.414. The monoisotopic (exact) mass is 478 g/mol. The summed E-state index contributed by atoms with van der Waals surface area (Å²) in [5.41, 5.74) is 0. The number of hydrogen-bond donors (Lipinski definition) is 1. The third-order valence-electron chi connectivity index (χ3n) is 3.63. The number of rotatable bonds is 4. The van der Waals surface area contributed by atoms with E-state index in [1.807, 2.05) is 30.3 Å². The van der Waals surface area contributed by atoms with Gasteiger partial charge in [0, 0.05) is 37.2 Å². The lowest BCUT2D eigenvalue weighted by molar-refractivity contribution is 0.205. The van der Waals surface area contributed by atoms with Gasteiger partial charge in [-0.05, 0) is 18.2 Å². The van der Waals surface area contributed by atoms with Gasteiger partial charge in [0.15, 0.2) is 5.96 Å². The van der Waals surface area contributed by atoms with Crippen LogP contribution in [0.15, 0.2) is 41.5 Å². The molecule has 0 spiro atoms. The number of hydrogen-bond acceptors (Lipinski definition) is 4. The minimum absolute atomic E-state index is 0. The minimum Gasteiger partial charge on any atom is -0.472 e. The van der Waals surface area contributed by atoms with Crippen LogP contribution in [-0.2, 0) is 6.54 Å². The van der Waals surface area contributed by atoms with Gasteiger partial charge in [0.05, 0.1) is 17.4 Å². The molecule has 3 rings (SSSR count). The molecular formula is C16H20ClIN4OS. The Balaban J connectivity index is 0.00000208. The van der Waals surface area contributed by atoms with Crippen molar-refractivity contribution in [3.05, 3.63) is 45.7 Å². The predicted octanol–water partition coefficient (Wildman–Crippen LogP) is 3.64. The van der Waals surface area contributed by atoms with Gasteiger partial charge in [-0.1, -0.05) is 17.7 Å². The van der Waals surface area contributed by atoms with Gasteiger partial charge in [-0.25, -0.2) is 4.98 Å². The molecule has 130 valence electrons. The van der Waals surface area contributed by atoms with Crippen LogP contribution in [0.25, 0.3) is 0 Å². The predicted molar refractivity (Wildman–Crippen MR) is 110 cm³/mol. The lowest BCUT2D eigenvalue weighted by atomic mass is 10.3. The number of ether oxygens (including phenoxy) is 1. The summed E-state index contributed by atoms with van der Waals surface area (Å²) in [7, 11) is 1.80. The average molecular weight is 479 g/mol. The van der Waals surface area contributed by atoms with Gasteiger partial charge in [-0.3, -0.25) is 4.99 Å². The number of aromatic nitrogens is 1. The van der Waals surface area contributed by atoms with E-state index < -0.39 is 0 Å². The highest BCUT2D eigenvalue weighted by molar-refractivity contribution is 14.0. The van der Waals surface area contributed by atoms with E-state index in [2.05, 4.69) is 20.2 Å². The first-order valence-corrected chi connectivity index (χ1v) is 8.71. The van der Waals surface area contributed by atoms with E-state index in [0.717, 1.165) is 36.4 Å². The molecule has 2 aromatic rings. The Morgan fingerprint density at radius 2 is 2.33 bits per heavy atom. The Morgan fingerprint density at radius 1 is 1.46 bits per heavy atom. The van der Waals surface area contributed by atoms with Crippen LogP contribution in [0.3, 0.4) is 0 Å². The van der Waals surface area contributed by atoms with Gasteiger partial charge in [-0.15, -0.1) is 35.3 Å². The maximum atomic E-state index is 5.96. The molecule has 8 heteroatoms. The summed E-state index contributed by atoms with van der Waals surface area (Å²) in [5.74, 6) is 1.57. The normalized spacial score (nSPS) is 17.5. The van der Waals surface area contributed by atoms with Gasteiger partial charge < -0.3 is 15.0 Å². The van der Waals surface area contributed by atoms with Crippen molar-refractivity contribution in [2.24, 2.45) is 4.99 Å². The number of nitrogens with zero attached hydrogens (tertiary/aromatic N) is 3. The standard InChI is InChI=1S/C16H19ClN4OS.HI/c1-18-16(20-10-13-5-6-14(17)23-13)21-9-7-12(11-21)22-15-4-2-3-8-19-15;/h2-6,8,12H,7,9-11H2,1H3,(H,18,20);1H. The maximum absolute atomic E-state index is 5.96. The molecule has 0 saturated carbocycles. The lowest BCUT2D eigenvalue weighted by Crippen LogP contribution is -2.40. The Morgan fingerprint density at radius 3 is 3.00 bits per heavy atom. The first-order valence-electron chi connectivity index (χ1n) is 7.52. The number of aliphatic imine (C=N–C) groups is 1. The van der Waals surface area contributed by atoms with E-state index in [-0.39, 0.29) is 30.1 Å². The van der Waals surface area contributed by atoms with Crippen LogP contribution >= 0.6 is 46.9 Å². The number of guanidine groups is 1. The largest absolute Gasteiger partial charge is 0.472 e. The van der Waals surface area contributed by atoms with Gasteiger partial charge in [0.25, 0.3) is 0 Å². The highest BCUT2D eigenvalue weighted by atomic mass is 127. The van der Waals surface area contributed by atoms with E-state index in [0.29, 0.717) is 5.88 Å². The molecule has 0 aromatic carbocycles. The van der Waals surface area contributed by atoms with Crippen molar-refractivity contribution < 1.29 is 4.74 Å². The van der Waals surface area contributed by atoms with E-state index in [1.165, 1.54) is 4.88 Å². The molecular weight excluding hydrogens is 459 g/mol. The molecule has 0 bridgehead atoms. The van der Waals surface area contributed by atoms with Crippen molar-refractivity contribution in [1.29, 1.82) is 0 Å². The molecule has 1 aliphatic heterocycles. The number of halogens is 2. The highest BCUT2D eigenvalue weighted by Crippen LogP contribution is 2.21. The molecule has 1 unspecified atom stereocenters. The number of thiophene rings is 1. The number of nitrogens with one attached hydrogen (secondary N) is 1. The molecule has 0 radical (unpaired) electrons. The second-order valence-electron chi connectivity index (χ2n) is 5.25. The molecule has 1 atom stereocenters. The maximum Gasteiger partial charge on any atom is 0.213 e. The molecule has 1 aliphatic rings. The van der Waals surface area contributed by atoms with Crippen molar-refractivity contribution in [2.45, 2.75) is 19.1 Å². The highest BCUT2D eigenvalue weighted by Gasteiger charge is 2.26. The molecule has 3 heterocycles. The summed E-state index contributed by atoms with van der Waals surface area (Å²) in [6.07, 6.45) is 2.84. The molecule has 1 N–H and O–H groups in total. The molecule has 0 aliphatic carbocycles. The van der Waals surface area contributed by atoms with Crippen LogP contribution in [0.1, 0.15) is 11.3 Å². The SMILES string of the molecule is CN=C(NCc1ccc(Cl)s1)N1CCC(Oc2ccccn2)C1.I. The molecule has 0 amide bonds. The fourth-order valence-electron chi connectivity index (χ4n) is 2.55. The third-order valence-corrected chi connectivity index (χ3v) is 4.86. The summed E-state index contributed by atoms with van der Waals surface area (Å²) in [6.45, 7) is 2.45. The molecule has 5 nitrogen and oxygen atoms in total. The van der Waals surface area contributed by atoms with Crippen molar-refractivity contribution in [3.63, 3.8) is 0 Å². The topological polar surface area (TPSA) is 49.8 Å². The van der Waals surface area contributed by atoms with Crippen molar-refractivity contribution in [3.8, 4) is 5.88 Å². The molecule has 24 heavy (non-hydrogen) atoms. The third kappa shape index (κ3) is 5.22. The fourth-order valence-corrected chi connectivity index (χ4v) is 3.58. The number of pyridine rings is 1. The van der Waals surface area contributed by atoms with Crippen molar-refractivity contribution >= 4 is 52.9 Å². The zero-order valence-electron chi connectivity index (χ0n) is 13.3. The first-order chi connectivity index (χ1) is 11.2. The molecule has 2 aromatic heterocycles. The summed E-state index contributed by atoms with van der Waals surface area (Å²) in [5, 5.41) is 3.38. The summed E-state index contributed by atoms with van der Waals surface area (Å²) in [6, 6.07) is 9.65. The van der Waals surface area contributed by atoms with E-state index in [1.54, 1.807) is 24.6 Å². The second kappa shape index (κ2) is 9.43. The first kappa shape index (κ1) is 19.3. The van der Waals surface area contributed by atoms with Crippen molar-refractivity contribution in [1.82, 2.24) is 15.2 Å². The summed E-state index contributed by atoms with van der Waals surface area (Å²) >= 11 is 7.54. The van der Waals surface area contributed by atoms with E-state index in [4.69, 9.17) is 16.3 Å². The smallest absolute Gasteiger partial charge is 0.213 e. The Kier molecular flexibility index (Phi) is 7.57.